The van der Waals surface area contributed by atoms with E-state index in [4.69, 9.17) is 9.47 Å². The van der Waals surface area contributed by atoms with E-state index in [0.717, 1.165) is 5.56 Å². The van der Waals surface area contributed by atoms with E-state index < -0.39 is 0 Å². The molecule has 0 aliphatic rings. The van der Waals surface area contributed by atoms with Gasteiger partial charge in [0.05, 0.1) is 20.8 Å². The van der Waals surface area contributed by atoms with Crippen molar-refractivity contribution in [1.29, 1.82) is 0 Å². The van der Waals surface area contributed by atoms with Crippen LogP contribution in [0.2, 0.25) is 0 Å². The van der Waals surface area contributed by atoms with E-state index in [1.807, 2.05) is 12.1 Å². The van der Waals surface area contributed by atoms with Crippen LogP contribution in [0.4, 0.5) is 14.9 Å². The van der Waals surface area contributed by atoms with E-state index in [2.05, 4.69) is 5.32 Å². The van der Waals surface area contributed by atoms with Crippen molar-refractivity contribution in [2.75, 3.05) is 26.6 Å². The second kappa shape index (κ2) is 7.49. The van der Waals surface area contributed by atoms with Gasteiger partial charge in [0.2, 0.25) is 0 Å². The van der Waals surface area contributed by atoms with Gasteiger partial charge in [0.25, 0.3) is 0 Å². The van der Waals surface area contributed by atoms with Crippen molar-refractivity contribution in [1.82, 2.24) is 4.90 Å². The van der Waals surface area contributed by atoms with Gasteiger partial charge in [-0.3, -0.25) is 0 Å². The molecule has 0 saturated carbocycles. The Morgan fingerprint density at radius 1 is 1.13 bits per heavy atom. The monoisotopic (exact) mass is 318 g/mol. The van der Waals surface area contributed by atoms with E-state index in [0.29, 0.717) is 23.7 Å². The van der Waals surface area contributed by atoms with Gasteiger partial charge in [-0.2, -0.15) is 0 Å². The summed E-state index contributed by atoms with van der Waals surface area (Å²) in [6.07, 6.45) is 0. The molecule has 0 heterocycles. The zero-order chi connectivity index (χ0) is 16.8. The van der Waals surface area contributed by atoms with Crippen molar-refractivity contribution in [3.63, 3.8) is 0 Å². The van der Waals surface area contributed by atoms with Crippen LogP contribution in [0.3, 0.4) is 0 Å². The summed E-state index contributed by atoms with van der Waals surface area (Å²) < 4.78 is 23.5. The van der Waals surface area contributed by atoms with Crippen LogP contribution >= 0.6 is 0 Å². The molecule has 0 bridgehead atoms. The maximum absolute atomic E-state index is 12.9. The number of methoxy groups -OCH3 is 2. The number of hydrogen-bond donors (Lipinski definition) is 1. The smallest absolute Gasteiger partial charge is 0.321 e. The van der Waals surface area contributed by atoms with Crippen LogP contribution in [0.5, 0.6) is 11.5 Å². The Morgan fingerprint density at radius 2 is 1.83 bits per heavy atom. The summed E-state index contributed by atoms with van der Waals surface area (Å²) >= 11 is 0. The van der Waals surface area contributed by atoms with Crippen molar-refractivity contribution in [3.8, 4) is 11.5 Å². The second-order valence-corrected chi connectivity index (χ2v) is 4.95. The Kier molecular flexibility index (Phi) is 5.41. The maximum atomic E-state index is 12.9. The van der Waals surface area contributed by atoms with Gasteiger partial charge in [-0.1, -0.05) is 12.1 Å². The number of ether oxygens (including phenoxy) is 2. The maximum Gasteiger partial charge on any atom is 0.321 e. The molecule has 1 N–H and O–H groups in total. The number of para-hydroxylation sites is 1. The summed E-state index contributed by atoms with van der Waals surface area (Å²) in [5.74, 6) is 0.853. The van der Waals surface area contributed by atoms with Gasteiger partial charge < -0.3 is 19.7 Å². The van der Waals surface area contributed by atoms with E-state index in [1.54, 1.807) is 27.3 Å². The molecule has 0 spiro atoms. The zero-order valence-corrected chi connectivity index (χ0v) is 13.3. The highest BCUT2D eigenvalue weighted by Crippen LogP contribution is 2.31. The molecule has 0 atom stereocenters. The van der Waals surface area contributed by atoms with Gasteiger partial charge in [0, 0.05) is 18.3 Å². The first kappa shape index (κ1) is 16.6. The number of hydrogen-bond acceptors (Lipinski definition) is 3. The van der Waals surface area contributed by atoms with Crippen LogP contribution < -0.4 is 14.8 Å². The molecule has 0 fully saturated rings. The van der Waals surface area contributed by atoms with E-state index in [-0.39, 0.29) is 11.8 Å². The Hall–Kier alpha value is -2.76. The van der Waals surface area contributed by atoms with Crippen LogP contribution in [-0.2, 0) is 6.54 Å². The number of carbonyl (C=O) groups is 1. The summed E-state index contributed by atoms with van der Waals surface area (Å²) in [7, 11) is 4.78. The van der Waals surface area contributed by atoms with Gasteiger partial charge in [-0.25, -0.2) is 9.18 Å². The number of rotatable bonds is 5. The molecule has 0 aliphatic carbocycles. The van der Waals surface area contributed by atoms with Crippen LogP contribution in [-0.4, -0.2) is 32.2 Å². The molecule has 0 radical (unpaired) electrons. The molecule has 0 unspecified atom stereocenters. The molecule has 5 nitrogen and oxygen atoms in total. The first-order valence-corrected chi connectivity index (χ1v) is 7.02. The van der Waals surface area contributed by atoms with Gasteiger partial charge in [0.1, 0.15) is 5.82 Å². The van der Waals surface area contributed by atoms with Crippen LogP contribution in [0.25, 0.3) is 0 Å². The van der Waals surface area contributed by atoms with Gasteiger partial charge in [-0.05, 0) is 30.3 Å². The van der Waals surface area contributed by atoms with Crippen molar-refractivity contribution in [2.24, 2.45) is 0 Å². The number of anilines is 1. The summed E-state index contributed by atoms with van der Waals surface area (Å²) in [4.78, 5) is 13.7. The number of nitrogens with one attached hydrogen (secondary N) is 1. The summed E-state index contributed by atoms with van der Waals surface area (Å²) in [6.45, 7) is 0.341. The van der Waals surface area contributed by atoms with E-state index >= 15 is 0 Å². The van der Waals surface area contributed by atoms with Crippen LogP contribution in [0.1, 0.15) is 5.56 Å². The van der Waals surface area contributed by atoms with Gasteiger partial charge >= 0.3 is 6.03 Å². The topological polar surface area (TPSA) is 50.8 Å². The molecule has 6 heteroatoms. The molecule has 122 valence electrons. The third-order valence-corrected chi connectivity index (χ3v) is 3.33. The second-order valence-electron chi connectivity index (χ2n) is 4.95. The SMILES string of the molecule is COc1cccc(CN(C)C(=O)Nc2ccc(F)cc2)c1OC. The molecular formula is C17H19FN2O3. The van der Waals surface area contributed by atoms with Crippen LogP contribution in [0.15, 0.2) is 42.5 Å². The lowest BCUT2D eigenvalue weighted by molar-refractivity contribution is 0.220. The number of carbonyl (C=O) groups excluding carboxylic acids is 1. The summed E-state index contributed by atoms with van der Waals surface area (Å²) in [5.41, 5.74) is 1.35. The third kappa shape index (κ3) is 4.12. The fraction of sp³-hybridized carbons (Fsp3) is 0.235. The fourth-order valence-electron chi connectivity index (χ4n) is 2.16. The number of urea groups is 1. The first-order valence-electron chi connectivity index (χ1n) is 7.02. The van der Waals surface area contributed by atoms with Gasteiger partial charge in [-0.15, -0.1) is 0 Å². The fourth-order valence-corrected chi connectivity index (χ4v) is 2.16. The molecule has 2 amide bonds. The normalized spacial score (nSPS) is 10.1. The molecule has 2 aromatic rings. The lowest BCUT2D eigenvalue weighted by Crippen LogP contribution is -2.31. The third-order valence-electron chi connectivity index (χ3n) is 3.33. The Balaban J connectivity index is 2.08. The Bertz CT molecular complexity index is 674. The molecule has 0 saturated heterocycles. The molecule has 2 aromatic carbocycles. The van der Waals surface area contributed by atoms with Crippen molar-refractivity contribution < 1.29 is 18.7 Å². The predicted octanol–water partition coefficient (Wildman–Crippen LogP) is 3.51. The minimum Gasteiger partial charge on any atom is -0.493 e. The summed E-state index contributed by atoms with van der Waals surface area (Å²) in [6, 6.07) is 10.8. The average molecular weight is 318 g/mol. The van der Waals surface area contributed by atoms with E-state index in [9.17, 15) is 9.18 Å². The van der Waals surface area contributed by atoms with Crippen LogP contribution in [0, 0.1) is 5.82 Å². The number of benzene rings is 2. The van der Waals surface area contributed by atoms with E-state index in [1.165, 1.54) is 29.2 Å². The molecule has 2 rings (SSSR count). The highest BCUT2D eigenvalue weighted by Gasteiger charge is 2.15. The molecule has 0 aromatic heterocycles. The number of amides is 2. The quantitative estimate of drug-likeness (QED) is 0.918. The lowest BCUT2D eigenvalue weighted by Gasteiger charge is -2.20. The first-order chi connectivity index (χ1) is 11.0. The Morgan fingerprint density at radius 3 is 2.43 bits per heavy atom. The molecular weight excluding hydrogens is 299 g/mol. The van der Waals surface area contributed by atoms with Crippen molar-refractivity contribution in [2.45, 2.75) is 6.54 Å². The minimum atomic E-state index is -0.350. The number of nitrogens with zero attached hydrogens (tertiary/aromatic N) is 1. The standard InChI is InChI=1S/C17H19FN2O3/c1-20(17(21)19-14-9-7-13(18)8-10-14)11-12-5-4-6-15(22-2)16(12)23-3/h4-10H,11H2,1-3H3,(H,19,21). The zero-order valence-electron chi connectivity index (χ0n) is 13.3. The highest BCUT2D eigenvalue weighted by molar-refractivity contribution is 5.89. The van der Waals surface area contributed by atoms with Crippen molar-refractivity contribution in [3.05, 3.63) is 53.8 Å². The lowest BCUT2D eigenvalue weighted by atomic mass is 10.1. The Labute approximate surface area is 134 Å². The summed E-state index contributed by atoms with van der Waals surface area (Å²) in [5, 5.41) is 2.70. The minimum absolute atomic E-state index is 0.304. The average Bonchev–Trinajstić information content (AvgIpc) is 2.56. The highest BCUT2D eigenvalue weighted by atomic mass is 19.1. The predicted molar refractivity (Wildman–Crippen MR) is 86.4 cm³/mol. The largest absolute Gasteiger partial charge is 0.493 e. The number of halogens is 1. The van der Waals surface area contributed by atoms with Gasteiger partial charge in [0.15, 0.2) is 11.5 Å². The van der Waals surface area contributed by atoms with Crippen molar-refractivity contribution >= 4 is 11.7 Å². The molecule has 23 heavy (non-hydrogen) atoms. The molecule has 0 aliphatic heterocycles.